The molecule has 0 bridgehead atoms. The van der Waals surface area contributed by atoms with E-state index in [1.54, 1.807) is 36.5 Å². The fraction of sp³-hybridized carbons (Fsp3) is 0.185. The van der Waals surface area contributed by atoms with Crippen LogP contribution in [0.1, 0.15) is 50.2 Å². The van der Waals surface area contributed by atoms with Crippen LogP contribution in [-0.4, -0.2) is 72.9 Å². The molecular weight excluding hydrogens is 532 g/mol. The van der Waals surface area contributed by atoms with E-state index in [0.717, 1.165) is 23.1 Å². The first-order chi connectivity index (χ1) is 17.1. The Kier molecular flexibility index (Phi) is 7.95. The van der Waals surface area contributed by atoms with Crippen LogP contribution in [0.4, 0.5) is 13.2 Å². The molecule has 1 aliphatic carbocycles. The van der Waals surface area contributed by atoms with Crippen LogP contribution in [0, 0.1) is 0 Å². The van der Waals surface area contributed by atoms with Crippen molar-refractivity contribution in [1.82, 2.24) is 9.88 Å². The van der Waals surface area contributed by atoms with Crippen LogP contribution in [0.15, 0.2) is 72.9 Å². The number of hydrogen-bond donors (Lipinski definition) is 2. The van der Waals surface area contributed by atoms with E-state index < -0.39 is 23.2 Å². The van der Waals surface area contributed by atoms with E-state index in [2.05, 4.69) is 5.32 Å². The Hall–Kier alpha value is -2.14. The Morgan fingerprint density at radius 2 is 1.65 bits per heavy atom. The van der Waals surface area contributed by atoms with Crippen molar-refractivity contribution < 1.29 is 27.9 Å². The predicted molar refractivity (Wildman–Crippen MR) is 136 cm³/mol. The van der Waals surface area contributed by atoms with Gasteiger partial charge in [0.05, 0.1) is 27.7 Å². The van der Waals surface area contributed by atoms with Gasteiger partial charge >= 0.3 is 63.5 Å². The van der Waals surface area contributed by atoms with Gasteiger partial charge in [-0.2, -0.15) is 13.2 Å². The summed E-state index contributed by atoms with van der Waals surface area (Å²) < 4.78 is 40.6. The average molecular weight is 553 g/mol. The average Bonchev–Trinajstić information content (AvgIpc) is 3.51. The van der Waals surface area contributed by atoms with Crippen LogP contribution in [0.2, 0.25) is 5.02 Å². The number of benzene rings is 3. The molecule has 1 aliphatic rings. The van der Waals surface area contributed by atoms with Crippen molar-refractivity contribution in [1.29, 1.82) is 0 Å². The third-order valence-electron chi connectivity index (χ3n) is 6.49. The first-order valence-corrected chi connectivity index (χ1v) is 11.5. The van der Waals surface area contributed by atoms with Crippen molar-refractivity contribution in [2.24, 2.45) is 0 Å². The van der Waals surface area contributed by atoms with Crippen molar-refractivity contribution in [3.63, 3.8) is 0 Å². The molecule has 0 atom stereocenters. The number of halogens is 4. The number of carboxylic acids is 1. The summed E-state index contributed by atoms with van der Waals surface area (Å²) in [5.41, 5.74) is 1.29. The topological polar surface area (TPSA) is 71.3 Å². The number of amides is 1. The minimum absolute atomic E-state index is 0. The van der Waals surface area contributed by atoms with Gasteiger partial charge in [-0.3, -0.25) is 4.79 Å². The molecule has 186 valence electrons. The predicted octanol–water partition coefficient (Wildman–Crippen LogP) is 5.83. The molecule has 1 aromatic heterocycles. The SMILES string of the molecule is O=C(O)c1ccc(C2(NC(=O)c3cc(Cl)cc4ccn(Cc5ccc(C(F)(F)F)cc5)c34)CC2)cc1.[KH]. The first kappa shape index (κ1) is 27.9. The van der Waals surface area contributed by atoms with E-state index in [1.807, 2.05) is 4.57 Å². The molecule has 37 heavy (non-hydrogen) atoms. The molecule has 3 aromatic carbocycles. The first-order valence-electron chi connectivity index (χ1n) is 11.2. The summed E-state index contributed by atoms with van der Waals surface area (Å²) in [7, 11) is 0. The summed E-state index contributed by atoms with van der Waals surface area (Å²) in [6.07, 6.45) is -1.22. The summed E-state index contributed by atoms with van der Waals surface area (Å²) in [6.45, 7) is 0.269. The van der Waals surface area contributed by atoms with Crippen LogP contribution in [0.3, 0.4) is 0 Å². The molecule has 0 unspecified atom stereocenters. The van der Waals surface area contributed by atoms with Gasteiger partial charge in [0, 0.05) is 23.2 Å². The molecule has 0 saturated heterocycles. The summed E-state index contributed by atoms with van der Waals surface area (Å²) in [5, 5.41) is 13.3. The second kappa shape index (κ2) is 10.6. The molecule has 1 fully saturated rings. The maximum atomic E-state index is 13.5. The normalized spacial score (nSPS) is 14.2. The van der Waals surface area contributed by atoms with Gasteiger partial charge < -0.3 is 15.0 Å². The van der Waals surface area contributed by atoms with Crippen molar-refractivity contribution >= 4 is 85.8 Å². The third-order valence-corrected chi connectivity index (χ3v) is 6.71. The van der Waals surface area contributed by atoms with E-state index in [9.17, 15) is 22.8 Å². The number of aromatic carboxylic acids is 1. The van der Waals surface area contributed by atoms with E-state index in [4.69, 9.17) is 16.7 Å². The zero-order valence-electron chi connectivity index (χ0n) is 18.8. The Balaban J connectivity index is 0.00000320. The Labute approximate surface area is 258 Å². The molecule has 1 heterocycles. The number of rotatable bonds is 6. The quantitative estimate of drug-likeness (QED) is 0.296. The van der Waals surface area contributed by atoms with E-state index in [-0.39, 0.29) is 69.4 Å². The van der Waals surface area contributed by atoms with Crippen LogP contribution < -0.4 is 5.32 Å². The number of aromatic nitrogens is 1. The van der Waals surface area contributed by atoms with Gasteiger partial charge in [-0.15, -0.1) is 0 Å². The molecule has 4 aromatic rings. The fourth-order valence-electron chi connectivity index (χ4n) is 4.44. The van der Waals surface area contributed by atoms with E-state index in [1.165, 1.54) is 24.3 Å². The number of carboxylic acid groups (broad SMARTS) is 1. The molecule has 5 nitrogen and oxygen atoms in total. The Morgan fingerprint density at radius 3 is 2.22 bits per heavy atom. The van der Waals surface area contributed by atoms with Crippen LogP contribution >= 0.6 is 11.6 Å². The van der Waals surface area contributed by atoms with Gasteiger partial charge in [0.1, 0.15) is 0 Å². The Bertz CT molecular complexity index is 1480. The van der Waals surface area contributed by atoms with Crippen LogP contribution in [0.5, 0.6) is 0 Å². The Morgan fingerprint density at radius 1 is 1.00 bits per heavy atom. The molecule has 0 spiro atoms. The molecule has 0 aliphatic heterocycles. The molecular formula is C27H21ClF3KN2O3. The van der Waals surface area contributed by atoms with Gasteiger partial charge in [-0.05, 0) is 66.4 Å². The second-order valence-electron chi connectivity index (χ2n) is 8.95. The second-order valence-corrected chi connectivity index (χ2v) is 9.38. The number of fused-ring (bicyclic) bond motifs is 1. The van der Waals surface area contributed by atoms with Crippen molar-refractivity contribution in [3.05, 3.63) is 106 Å². The molecule has 10 heteroatoms. The van der Waals surface area contributed by atoms with Gasteiger partial charge in [-0.25, -0.2) is 4.79 Å². The number of nitrogens with zero attached hydrogens (tertiary/aromatic N) is 1. The zero-order chi connectivity index (χ0) is 25.7. The van der Waals surface area contributed by atoms with Crippen molar-refractivity contribution in [2.45, 2.75) is 31.1 Å². The van der Waals surface area contributed by atoms with Crippen LogP contribution in [-0.2, 0) is 18.3 Å². The summed E-state index contributed by atoms with van der Waals surface area (Å²) in [4.78, 5) is 24.6. The maximum absolute atomic E-state index is 13.5. The molecule has 0 radical (unpaired) electrons. The number of carbonyl (C=O) groups excluding carboxylic acids is 1. The van der Waals surface area contributed by atoms with Crippen molar-refractivity contribution in [3.8, 4) is 0 Å². The number of nitrogens with one attached hydrogen (secondary N) is 1. The summed E-state index contributed by atoms with van der Waals surface area (Å²) in [6, 6.07) is 16.5. The van der Waals surface area contributed by atoms with Gasteiger partial charge in [-0.1, -0.05) is 35.9 Å². The standard InChI is InChI=1S/C27H20ClF3N2O3.K.H/c28-21-13-18-9-12-33(15-16-1-5-20(6-2-16)27(29,30)31)23(18)22(14-21)24(34)32-26(10-11-26)19-7-3-17(4-8-19)25(35)36;;/h1-9,12-14H,10-11,15H2,(H,32,34)(H,35,36);;. The number of carbonyl (C=O) groups is 2. The van der Waals surface area contributed by atoms with Gasteiger partial charge in [0.15, 0.2) is 0 Å². The monoisotopic (exact) mass is 552 g/mol. The number of alkyl halides is 3. The summed E-state index contributed by atoms with van der Waals surface area (Å²) in [5.74, 6) is -1.36. The summed E-state index contributed by atoms with van der Waals surface area (Å²) >= 11 is 6.30. The third kappa shape index (κ3) is 5.82. The zero-order valence-corrected chi connectivity index (χ0v) is 19.5. The number of hydrogen-bond acceptors (Lipinski definition) is 2. The molecule has 1 saturated carbocycles. The van der Waals surface area contributed by atoms with Crippen molar-refractivity contribution in [2.75, 3.05) is 0 Å². The molecule has 2 N–H and O–H groups in total. The minimum atomic E-state index is -4.41. The fourth-order valence-corrected chi connectivity index (χ4v) is 4.67. The van der Waals surface area contributed by atoms with E-state index >= 15 is 0 Å². The van der Waals surface area contributed by atoms with Gasteiger partial charge in [0.25, 0.3) is 5.91 Å². The van der Waals surface area contributed by atoms with E-state index in [0.29, 0.717) is 34.5 Å². The molecule has 1 amide bonds. The van der Waals surface area contributed by atoms with Crippen LogP contribution in [0.25, 0.3) is 10.9 Å². The van der Waals surface area contributed by atoms with Gasteiger partial charge in [0.2, 0.25) is 0 Å². The molecule has 5 rings (SSSR count).